The molecule has 1 aliphatic heterocycles. The predicted octanol–water partition coefficient (Wildman–Crippen LogP) is 2.53. The van der Waals surface area contributed by atoms with Crippen molar-refractivity contribution in [2.45, 2.75) is 52.1 Å². The van der Waals surface area contributed by atoms with Gasteiger partial charge in [-0.05, 0) is 32.1 Å². The van der Waals surface area contributed by atoms with Crippen molar-refractivity contribution < 1.29 is 4.74 Å². The van der Waals surface area contributed by atoms with Gasteiger partial charge in [0, 0.05) is 25.7 Å². The van der Waals surface area contributed by atoms with Gasteiger partial charge in [-0.3, -0.25) is 4.90 Å². The Kier molecular flexibility index (Phi) is 4.90. The van der Waals surface area contributed by atoms with Crippen LogP contribution in [0.25, 0.3) is 0 Å². The van der Waals surface area contributed by atoms with Crippen LogP contribution in [-0.2, 0) is 4.74 Å². The van der Waals surface area contributed by atoms with E-state index >= 15 is 0 Å². The van der Waals surface area contributed by atoms with Crippen LogP contribution in [0.3, 0.4) is 0 Å². The van der Waals surface area contributed by atoms with Crippen molar-refractivity contribution in [3.05, 3.63) is 0 Å². The van der Waals surface area contributed by atoms with Gasteiger partial charge in [0.25, 0.3) is 0 Å². The average molecular weight is 199 g/mol. The molecule has 0 aromatic heterocycles. The molecule has 1 heterocycles. The Morgan fingerprint density at radius 1 is 1.36 bits per heavy atom. The Balaban J connectivity index is 2.46. The molecule has 0 amide bonds. The molecule has 0 aliphatic carbocycles. The fourth-order valence-corrected chi connectivity index (χ4v) is 2.79. The number of ether oxygens (including phenoxy) is 1. The van der Waals surface area contributed by atoms with Crippen LogP contribution in [0.4, 0.5) is 0 Å². The number of hydrogen-bond acceptors (Lipinski definition) is 2. The zero-order valence-electron chi connectivity index (χ0n) is 10.1. The van der Waals surface area contributed by atoms with Crippen molar-refractivity contribution in [1.29, 1.82) is 0 Å². The molecular weight excluding hydrogens is 174 g/mol. The molecule has 0 aromatic carbocycles. The molecule has 0 spiro atoms. The molecule has 2 unspecified atom stereocenters. The van der Waals surface area contributed by atoms with E-state index in [1.165, 1.54) is 25.8 Å². The van der Waals surface area contributed by atoms with E-state index < -0.39 is 0 Å². The minimum atomic E-state index is 0.750. The summed E-state index contributed by atoms with van der Waals surface area (Å²) < 4.78 is 5.24. The second-order valence-corrected chi connectivity index (χ2v) is 4.57. The molecule has 2 heteroatoms. The Labute approximate surface area is 88.6 Å². The smallest absolute Gasteiger partial charge is 0.0503 e. The number of nitrogens with zero attached hydrogens (tertiary/aromatic N) is 1. The first-order valence-corrected chi connectivity index (χ1v) is 5.97. The second kappa shape index (κ2) is 5.72. The van der Waals surface area contributed by atoms with Crippen LogP contribution < -0.4 is 0 Å². The molecule has 14 heavy (non-hydrogen) atoms. The SMILES string of the molecule is CCC(CC)N1CC(COC)CC1C. The molecule has 2 nitrogen and oxygen atoms in total. The van der Waals surface area contributed by atoms with Crippen molar-refractivity contribution >= 4 is 0 Å². The van der Waals surface area contributed by atoms with Gasteiger partial charge in [-0.15, -0.1) is 0 Å². The lowest BCUT2D eigenvalue weighted by atomic mass is 10.1. The van der Waals surface area contributed by atoms with E-state index in [9.17, 15) is 0 Å². The van der Waals surface area contributed by atoms with Crippen molar-refractivity contribution in [2.75, 3.05) is 20.3 Å². The summed E-state index contributed by atoms with van der Waals surface area (Å²) in [5.74, 6) is 0.760. The Morgan fingerprint density at radius 3 is 2.50 bits per heavy atom. The van der Waals surface area contributed by atoms with Gasteiger partial charge in [-0.2, -0.15) is 0 Å². The third-order valence-corrected chi connectivity index (χ3v) is 3.52. The number of hydrogen-bond donors (Lipinski definition) is 0. The predicted molar refractivity (Wildman–Crippen MR) is 60.5 cm³/mol. The molecule has 0 bridgehead atoms. The van der Waals surface area contributed by atoms with E-state index in [2.05, 4.69) is 25.7 Å². The number of likely N-dealkylation sites (tertiary alicyclic amines) is 1. The van der Waals surface area contributed by atoms with E-state index in [0.29, 0.717) is 0 Å². The van der Waals surface area contributed by atoms with Gasteiger partial charge in [0.15, 0.2) is 0 Å². The normalized spacial score (nSPS) is 28.9. The lowest BCUT2D eigenvalue weighted by Gasteiger charge is -2.29. The fraction of sp³-hybridized carbons (Fsp3) is 1.00. The summed E-state index contributed by atoms with van der Waals surface area (Å²) in [5.41, 5.74) is 0. The summed E-state index contributed by atoms with van der Waals surface area (Å²) in [6, 6.07) is 1.53. The molecule has 1 saturated heterocycles. The van der Waals surface area contributed by atoms with Crippen LogP contribution in [0.5, 0.6) is 0 Å². The highest BCUT2D eigenvalue weighted by Crippen LogP contribution is 2.27. The van der Waals surface area contributed by atoms with Gasteiger partial charge in [0.05, 0.1) is 6.61 Å². The molecule has 0 aromatic rings. The maximum atomic E-state index is 5.24. The Bertz CT molecular complexity index is 156. The summed E-state index contributed by atoms with van der Waals surface area (Å²) in [6.07, 6.45) is 3.87. The number of methoxy groups -OCH3 is 1. The van der Waals surface area contributed by atoms with E-state index in [1.807, 2.05) is 7.11 Å². The monoisotopic (exact) mass is 199 g/mol. The molecule has 0 N–H and O–H groups in total. The first kappa shape index (κ1) is 12.0. The van der Waals surface area contributed by atoms with Gasteiger partial charge < -0.3 is 4.74 Å². The molecule has 1 aliphatic rings. The summed E-state index contributed by atoms with van der Waals surface area (Å²) >= 11 is 0. The number of rotatable bonds is 5. The van der Waals surface area contributed by atoms with Gasteiger partial charge in [0.1, 0.15) is 0 Å². The largest absolute Gasteiger partial charge is 0.384 e. The van der Waals surface area contributed by atoms with Crippen LogP contribution in [0.15, 0.2) is 0 Å². The summed E-state index contributed by atoms with van der Waals surface area (Å²) in [7, 11) is 1.81. The lowest BCUT2D eigenvalue weighted by molar-refractivity contribution is 0.140. The maximum Gasteiger partial charge on any atom is 0.0503 e. The van der Waals surface area contributed by atoms with Crippen molar-refractivity contribution in [2.24, 2.45) is 5.92 Å². The Morgan fingerprint density at radius 2 is 2.00 bits per heavy atom. The second-order valence-electron chi connectivity index (χ2n) is 4.57. The van der Waals surface area contributed by atoms with E-state index in [1.54, 1.807) is 0 Å². The zero-order valence-corrected chi connectivity index (χ0v) is 10.1. The molecule has 0 saturated carbocycles. The molecule has 0 radical (unpaired) electrons. The highest BCUT2D eigenvalue weighted by molar-refractivity contribution is 4.86. The quantitative estimate of drug-likeness (QED) is 0.674. The standard InChI is InChI=1S/C12H25NO/c1-5-12(6-2)13-8-11(9-14-4)7-10(13)3/h10-12H,5-9H2,1-4H3. The third-order valence-electron chi connectivity index (χ3n) is 3.52. The van der Waals surface area contributed by atoms with Gasteiger partial charge >= 0.3 is 0 Å². The van der Waals surface area contributed by atoms with Crippen LogP contribution >= 0.6 is 0 Å². The fourth-order valence-electron chi connectivity index (χ4n) is 2.79. The van der Waals surface area contributed by atoms with Crippen molar-refractivity contribution in [3.63, 3.8) is 0 Å². The van der Waals surface area contributed by atoms with Crippen LogP contribution in [-0.4, -0.2) is 37.2 Å². The van der Waals surface area contributed by atoms with Gasteiger partial charge in [-0.1, -0.05) is 13.8 Å². The maximum absolute atomic E-state index is 5.24. The van der Waals surface area contributed by atoms with Crippen molar-refractivity contribution in [3.8, 4) is 0 Å². The highest BCUT2D eigenvalue weighted by atomic mass is 16.5. The van der Waals surface area contributed by atoms with E-state index in [0.717, 1.165) is 24.6 Å². The highest BCUT2D eigenvalue weighted by Gasteiger charge is 2.32. The van der Waals surface area contributed by atoms with Crippen molar-refractivity contribution in [1.82, 2.24) is 4.90 Å². The van der Waals surface area contributed by atoms with Gasteiger partial charge in [-0.25, -0.2) is 0 Å². The molecule has 1 fully saturated rings. The first-order valence-electron chi connectivity index (χ1n) is 5.97. The molecular formula is C12H25NO. The molecule has 1 rings (SSSR count). The molecule has 2 atom stereocenters. The first-order chi connectivity index (χ1) is 6.72. The van der Waals surface area contributed by atoms with Crippen LogP contribution in [0, 0.1) is 5.92 Å². The molecule has 84 valence electrons. The summed E-state index contributed by atoms with van der Waals surface area (Å²) in [6.45, 7) is 9.12. The van der Waals surface area contributed by atoms with E-state index in [-0.39, 0.29) is 0 Å². The topological polar surface area (TPSA) is 12.5 Å². The Hall–Kier alpha value is -0.0800. The zero-order chi connectivity index (χ0) is 10.6. The minimum Gasteiger partial charge on any atom is -0.384 e. The lowest BCUT2D eigenvalue weighted by Crippen LogP contribution is -2.37. The van der Waals surface area contributed by atoms with Gasteiger partial charge in [0.2, 0.25) is 0 Å². The summed E-state index contributed by atoms with van der Waals surface area (Å²) in [4.78, 5) is 2.67. The van der Waals surface area contributed by atoms with E-state index in [4.69, 9.17) is 4.74 Å². The summed E-state index contributed by atoms with van der Waals surface area (Å²) in [5, 5.41) is 0. The van der Waals surface area contributed by atoms with Crippen LogP contribution in [0.2, 0.25) is 0 Å². The van der Waals surface area contributed by atoms with Crippen LogP contribution in [0.1, 0.15) is 40.0 Å². The third kappa shape index (κ3) is 2.71. The average Bonchev–Trinajstić information content (AvgIpc) is 2.51. The minimum absolute atomic E-state index is 0.750.